The number of benzene rings is 1. The van der Waals surface area contributed by atoms with Gasteiger partial charge in [-0.3, -0.25) is 0 Å². The molecule has 2 rings (SSSR count). The van der Waals surface area contributed by atoms with Crippen molar-refractivity contribution in [2.24, 2.45) is 11.1 Å². The SMILES string of the molecule is CC1(CN)CCN(S(=O)(=O)Cc2ccc(Cl)c(Cl)c2)C1. The fourth-order valence-electron chi connectivity index (χ4n) is 2.31. The lowest BCUT2D eigenvalue weighted by Gasteiger charge is -2.22. The van der Waals surface area contributed by atoms with Gasteiger partial charge < -0.3 is 5.73 Å². The van der Waals surface area contributed by atoms with E-state index in [4.69, 9.17) is 28.9 Å². The maximum absolute atomic E-state index is 12.4. The van der Waals surface area contributed by atoms with E-state index in [1.807, 2.05) is 6.92 Å². The van der Waals surface area contributed by atoms with E-state index in [-0.39, 0.29) is 11.2 Å². The molecule has 0 spiro atoms. The summed E-state index contributed by atoms with van der Waals surface area (Å²) in [5.41, 5.74) is 6.23. The minimum Gasteiger partial charge on any atom is -0.330 e. The van der Waals surface area contributed by atoms with Crippen LogP contribution in [0.1, 0.15) is 18.9 Å². The first-order valence-electron chi connectivity index (χ1n) is 6.38. The topological polar surface area (TPSA) is 63.4 Å². The fraction of sp³-hybridized carbons (Fsp3) is 0.538. The predicted octanol–water partition coefficient (Wildman–Crippen LogP) is 2.49. The summed E-state index contributed by atoms with van der Waals surface area (Å²) in [5.74, 6) is -0.0649. The van der Waals surface area contributed by atoms with Gasteiger partial charge in [-0.1, -0.05) is 36.2 Å². The van der Waals surface area contributed by atoms with E-state index in [9.17, 15) is 8.42 Å². The van der Waals surface area contributed by atoms with Gasteiger partial charge >= 0.3 is 0 Å². The first kappa shape index (κ1) is 16.0. The molecule has 0 radical (unpaired) electrons. The standard InChI is InChI=1S/C13H18Cl2N2O2S/c1-13(8-16)4-5-17(9-13)20(18,19)7-10-2-3-11(14)12(15)6-10/h2-3,6H,4-5,7-9,16H2,1H3. The van der Waals surface area contributed by atoms with Crippen molar-refractivity contribution in [3.8, 4) is 0 Å². The van der Waals surface area contributed by atoms with Crippen LogP contribution in [0.5, 0.6) is 0 Å². The largest absolute Gasteiger partial charge is 0.330 e. The summed E-state index contributed by atoms with van der Waals surface area (Å²) >= 11 is 11.7. The molecule has 0 bridgehead atoms. The van der Waals surface area contributed by atoms with Gasteiger partial charge in [-0.25, -0.2) is 12.7 Å². The van der Waals surface area contributed by atoms with Gasteiger partial charge in [0.15, 0.2) is 0 Å². The highest BCUT2D eigenvalue weighted by molar-refractivity contribution is 7.88. The lowest BCUT2D eigenvalue weighted by Crippen LogP contribution is -2.35. The molecule has 0 amide bonds. The Morgan fingerprint density at radius 3 is 2.60 bits per heavy atom. The van der Waals surface area contributed by atoms with Crippen molar-refractivity contribution in [2.75, 3.05) is 19.6 Å². The lowest BCUT2D eigenvalue weighted by atomic mass is 9.90. The Labute approximate surface area is 129 Å². The third-order valence-electron chi connectivity index (χ3n) is 3.74. The van der Waals surface area contributed by atoms with E-state index < -0.39 is 10.0 Å². The summed E-state index contributed by atoms with van der Waals surface area (Å²) < 4.78 is 26.3. The second-order valence-corrected chi connectivity index (χ2v) is 8.39. The molecule has 1 aliphatic rings. The molecular weight excluding hydrogens is 319 g/mol. The molecule has 1 aliphatic heterocycles. The first-order valence-corrected chi connectivity index (χ1v) is 8.74. The van der Waals surface area contributed by atoms with Gasteiger partial charge in [0.05, 0.1) is 15.8 Å². The Morgan fingerprint density at radius 1 is 1.35 bits per heavy atom. The van der Waals surface area contributed by atoms with Crippen molar-refractivity contribution in [3.63, 3.8) is 0 Å². The van der Waals surface area contributed by atoms with Crippen LogP contribution in [-0.4, -0.2) is 32.4 Å². The second kappa shape index (κ2) is 5.81. The van der Waals surface area contributed by atoms with Crippen LogP contribution >= 0.6 is 23.2 Å². The van der Waals surface area contributed by atoms with Gasteiger partial charge in [0, 0.05) is 13.1 Å². The summed E-state index contributed by atoms with van der Waals surface area (Å²) in [4.78, 5) is 0. The number of halogens is 2. The summed E-state index contributed by atoms with van der Waals surface area (Å²) in [6.45, 7) is 3.51. The normalized spacial score (nSPS) is 24.2. The van der Waals surface area contributed by atoms with Crippen molar-refractivity contribution >= 4 is 33.2 Å². The molecule has 1 unspecified atom stereocenters. The van der Waals surface area contributed by atoms with Gasteiger partial charge in [0.2, 0.25) is 10.0 Å². The smallest absolute Gasteiger partial charge is 0.218 e. The molecule has 0 saturated carbocycles. The van der Waals surface area contributed by atoms with Crippen LogP contribution in [0.15, 0.2) is 18.2 Å². The molecular formula is C13H18Cl2N2O2S. The van der Waals surface area contributed by atoms with E-state index in [0.717, 1.165) is 6.42 Å². The molecule has 4 nitrogen and oxygen atoms in total. The van der Waals surface area contributed by atoms with Crippen LogP contribution in [0.3, 0.4) is 0 Å². The van der Waals surface area contributed by atoms with E-state index in [0.29, 0.717) is 35.2 Å². The van der Waals surface area contributed by atoms with Crippen LogP contribution in [0.4, 0.5) is 0 Å². The van der Waals surface area contributed by atoms with Crippen molar-refractivity contribution in [2.45, 2.75) is 19.1 Å². The van der Waals surface area contributed by atoms with Crippen molar-refractivity contribution in [1.29, 1.82) is 0 Å². The third-order valence-corrected chi connectivity index (χ3v) is 6.28. The zero-order chi connectivity index (χ0) is 15.0. The second-order valence-electron chi connectivity index (χ2n) is 5.60. The maximum Gasteiger partial charge on any atom is 0.218 e. The highest BCUT2D eigenvalue weighted by Gasteiger charge is 2.38. The molecule has 0 aliphatic carbocycles. The molecule has 0 aromatic heterocycles. The Kier molecular flexibility index (Phi) is 4.66. The molecule has 7 heteroatoms. The summed E-state index contributed by atoms with van der Waals surface area (Å²) in [6, 6.07) is 4.90. The number of nitrogens with two attached hydrogens (primary N) is 1. The number of hydrogen-bond donors (Lipinski definition) is 1. The van der Waals surface area contributed by atoms with Gasteiger partial charge in [-0.2, -0.15) is 0 Å². The molecule has 1 fully saturated rings. The van der Waals surface area contributed by atoms with E-state index in [1.54, 1.807) is 18.2 Å². The average Bonchev–Trinajstić information content (AvgIpc) is 2.78. The Balaban J connectivity index is 2.14. The predicted molar refractivity (Wildman–Crippen MR) is 82.4 cm³/mol. The quantitative estimate of drug-likeness (QED) is 0.918. The monoisotopic (exact) mass is 336 g/mol. The van der Waals surface area contributed by atoms with Gasteiger partial charge in [-0.15, -0.1) is 0 Å². The Bertz CT molecular complexity index is 606. The van der Waals surface area contributed by atoms with E-state index >= 15 is 0 Å². The van der Waals surface area contributed by atoms with Crippen molar-refractivity contribution in [1.82, 2.24) is 4.31 Å². The lowest BCUT2D eigenvalue weighted by molar-refractivity contribution is 0.349. The van der Waals surface area contributed by atoms with Crippen molar-refractivity contribution < 1.29 is 8.42 Å². The fourth-order valence-corrected chi connectivity index (χ4v) is 4.30. The third kappa shape index (κ3) is 3.46. The molecule has 1 saturated heterocycles. The zero-order valence-corrected chi connectivity index (χ0v) is 13.6. The minimum absolute atomic E-state index is 0.0649. The highest BCUT2D eigenvalue weighted by Crippen LogP contribution is 2.31. The molecule has 1 atom stereocenters. The summed E-state index contributed by atoms with van der Waals surface area (Å²) in [5, 5.41) is 0.789. The molecule has 1 heterocycles. The highest BCUT2D eigenvalue weighted by atomic mass is 35.5. The van der Waals surface area contributed by atoms with E-state index in [2.05, 4.69) is 0 Å². The number of nitrogens with zero attached hydrogens (tertiary/aromatic N) is 1. The average molecular weight is 337 g/mol. The van der Waals surface area contributed by atoms with Crippen LogP contribution < -0.4 is 5.73 Å². The van der Waals surface area contributed by atoms with Gasteiger partial charge in [0.1, 0.15) is 0 Å². The molecule has 2 N–H and O–H groups in total. The minimum atomic E-state index is -3.35. The van der Waals surface area contributed by atoms with E-state index in [1.165, 1.54) is 4.31 Å². The summed E-state index contributed by atoms with van der Waals surface area (Å²) in [7, 11) is -3.35. The van der Waals surface area contributed by atoms with Crippen LogP contribution in [0.25, 0.3) is 0 Å². The molecule has 112 valence electrons. The van der Waals surface area contributed by atoms with Crippen LogP contribution in [0, 0.1) is 5.41 Å². The maximum atomic E-state index is 12.4. The molecule has 1 aromatic rings. The molecule has 20 heavy (non-hydrogen) atoms. The Hall–Kier alpha value is -0.330. The van der Waals surface area contributed by atoms with Gasteiger partial charge in [-0.05, 0) is 36.1 Å². The van der Waals surface area contributed by atoms with Crippen LogP contribution in [0.2, 0.25) is 10.0 Å². The van der Waals surface area contributed by atoms with Crippen molar-refractivity contribution in [3.05, 3.63) is 33.8 Å². The number of hydrogen-bond acceptors (Lipinski definition) is 3. The zero-order valence-electron chi connectivity index (χ0n) is 11.3. The summed E-state index contributed by atoms with van der Waals surface area (Å²) in [6.07, 6.45) is 0.796. The van der Waals surface area contributed by atoms with Gasteiger partial charge in [0.25, 0.3) is 0 Å². The number of sulfonamides is 1. The first-order chi connectivity index (χ1) is 9.26. The Morgan fingerprint density at radius 2 is 2.05 bits per heavy atom. The van der Waals surface area contributed by atoms with Crippen LogP contribution in [-0.2, 0) is 15.8 Å². The molecule has 1 aromatic carbocycles. The number of rotatable bonds is 4.